The maximum absolute atomic E-state index is 11.0. The van der Waals surface area contributed by atoms with E-state index in [1.165, 1.54) is 7.11 Å². The zero-order valence-electron chi connectivity index (χ0n) is 10.3. The molecule has 1 N–H and O–H groups in total. The largest absolute Gasteiger partial charge is 0.469 e. The van der Waals surface area contributed by atoms with Crippen LogP contribution in [-0.4, -0.2) is 33.3 Å². The average molecular weight is 237 g/mol. The maximum Gasteiger partial charge on any atom is 0.306 e. The van der Waals surface area contributed by atoms with E-state index in [-0.39, 0.29) is 12.0 Å². The van der Waals surface area contributed by atoms with Crippen LogP contribution >= 0.6 is 0 Å². The lowest BCUT2D eigenvalue weighted by molar-refractivity contribution is -0.140. The van der Waals surface area contributed by atoms with Gasteiger partial charge in [0.15, 0.2) is 0 Å². The van der Waals surface area contributed by atoms with Crippen molar-refractivity contribution >= 4 is 5.97 Å². The zero-order valence-corrected chi connectivity index (χ0v) is 10.3. The maximum atomic E-state index is 11.0. The number of benzene rings is 1. The van der Waals surface area contributed by atoms with Gasteiger partial charge in [-0.1, -0.05) is 30.3 Å². The Morgan fingerprint density at radius 3 is 2.59 bits per heavy atom. The van der Waals surface area contributed by atoms with Gasteiger partial charge < -0.3 is 14.8 Å². The van der Waals surface area contributed by atoms with Crippen molar-refractivity contribution in [1.82, 2.24) is 5.32 Å². The molecular formula is C13H19NO3. The van der Waals surface area contributed by atoms with Gasteiger partial charge in [0, 0.05) is 13.7 Å². The molecule has 0 aromatic heterocycles. The first-order chi connectivity index (χ1) is 8.27. The van der Waals surface area contributed by atoms with Crippen LogP contribution in [0.3, 0.4) is 0 Å². The minimum Gasteiger partial charge on any atom is -0.469 e. The Morgan fingerprint density at radius 1 is 1.29 bits per heavy atom. The normalized spacial score (nSPS) is 12.1. The minimum atomic E-state index is -0.207. The lowest BCUT2D eigenvalue weighted by Gasteiger charge is -2.18. The summed E-state index contributed by atoms with van der Waals surface area (Å²) in [5.74, 6) is -0.207. The molecule has 0 aliphatic carbocycles. The van der Waals surface area contributed by atoms with Gasteiger partial charge in [-0.05, 0) is 5.56 Å². The minimum absolute atomic E-state index is 0.103. The van der Waals surface area contributed by atoms with Crippen molar-refractivity contribution in [1.29, 1.82) is 0 Å². The molecule has 94 valence electrons. The Morgan fingerprint density at radius 2 is 2.00 bits per heavy atom. The van der Waals surface area contributed by atoms with Crippen LogP contribution in [0.25, 0.3) is 0 Å². The second kappa shape index (κ2) is 7.81. The molecule has 17 heavy (non-hydrogen) atoms. The number of carbonyl (C=O) groups is 1. The van der Waals surface area contributed by atoms with Crippen LogP contribution in [0.2, 0.25) is 0 Å². The number of hydrogen-bond donors (Lipinski definition) is 1. The first-order valence-electron chi connectivity index (χ1n) is 5.62. The highest BCUT2D eigenvalue weighted by Crippen LogP contribution is 2.12. The Labute approximate surface area is 102 Å². The number of carbonyl (C=O) groups excluding carboxylic acids is 1. The first-order valence-corrected chi connectivity index (χ1v) is 5.62. The number of nitrogens with one attached hydrogen (secondary N) is 1. The molecule has 0 fully saturated rings. The van der Waals surface area contributed by atoms with Crippen LogP contribution in [0.4, 0.5) is 0 Å². The van der Waals surface area contributed by atoms with Gasteiger partial charge in [-0.2, -0.15) is 0 Å². The molecule has 4 nitrogen and oxygen atoms in total. The topological polar surface area (TPSA) is 47.6 Å². The molecule has 0 saturated heterocycles. The summed E-state index contributed by atoms with van der Waals surface area (Å²) >= 11 is 0. The Balaban J connectivity index is 2.47. The van der Waals surface area contributed by atoms with Crippen LogP contribution in [0.1, 0.15) is 18.0 Å². The molecule has 0 saturated carbocycles. The quantitative estimate of drug-likeness (QED) is 0.731. The Hall–Kier alpha value is -1.39. The van der Waals surface area contributed by atoms with Crippen molar-refractivity contribution in [2.75, 3.05) is 27.4 Å². The molecule has 0 aliphatic heterocycles. The van der Waals surface area contributed by atoms with Crippen molar-refractivity contribution in [3.05, 3.63) is 35.9 Å². The molecule has 1 rings (SSSR count). The van der Waals surface area contributed by atoms with E-state index in [2.05, 4.69) is 10.1 Å². The van der Waals surface area contributed by atoms with E-state index in [0.29, 0.717) is 19.6 Å². The van der Waals surface area contributed by atoms with Gasteiger partial charge in [0.2, 0.25) is 0 Å². The first kappa shape index (κ1) is 13.7. The molecule has 0 radical (unpaired) electrons. The van der Waals surface area contributed by atoms with E-state index in [1.807, 2.05) is 30.3 Å². The molecule has 1 unspecified atom stereocenters. The molecule has 0 aliphatic rings. The van der Waals surface area contributed by atoms with Gasteiger partial charge in [0.25, 0.3) is 0 Å². The van der Waals surface area contributed by atoms with Crippen LogP contribution in [0.5, 0.6) is 0 Å². The van der Waals surface area contributed by atoms with Gasteiger partial charge in [-0.3, -0.25) is 4.79 Å². The summed E-state index contributed by atoms with van der Waals surface area (Å²) in [4.78, 5) is 11.0. The van der Waals surface area contributed by atoms with Gasteiger partial charge >= 0.3 is 5.97 Å². The number of hydrogen-bond acceptors (Lipinski definition) is 4. The van der Waals surface area contributed by atoms with Crippen molar-refractivity contribution in [3.63, 3.8) is 0 Å². The molecule has 4 heteroatoms. The third-order valence-corrected chi connectivity index (χ3v) is 2.48. The molecule has 0 heterocycles. The molecule has 0 amide bonds. The number of rotatable bonds is 7. The molecule has 0 spiro atoms. The number of ether oxygens (including phenoxy) is 2. The Kier molecular flexibility index (Phi) is 6.29. The molecule has 0 bridgehead atoms. The third-order valence-electron chi connectivity index (χ3n) is 2.48. The summed E-state index contributed by atoms with van der Waals surface area (Å²) in [7, 11) is 3.06. The average Bonchev–Trinajstić information content (AvgIpc) is 2.38. The summed E-state index contributed by atoms with van der Waals surface area (Å²) in [5.41, 5.74) is 1.15. The van der Waals surface area contributed by atoms with Crippen LogP contribution in [-0.2, 0) is 14.3 Å². The summed E-state index contributed by atoms with van der Waals surface area (Å²) in [6, 6.07) is 10.1. The van der Waals surface area contributed by atoms with E-state index in [4.69, 9.17) is 4.74 Å². The fourth-order valence-corrected chi connectivity index (χ4v) is 1.58. The fourth-order valence-electron chi connectivity index (χ4n) is 1.58. The van der Waals surface area contributed by atoms with E-state index in [1.54, 1.807) is 7.11 Å². The third kappa shape index (κ3) is 4.97. The lowest BCUT2D eigenvalue weighted by atomic mass is 10.1. The monoisotopic (exact) mass is 237 g/mol. The summed E-state index contributed by atoms with van der Waals surface area (Å²) in [6.07, 6.45) is 0.365. The second-order valence-corrected chi connectivity index (χ2v) is 3.70. The van der Waals surface area contributed by atoms with Crippen LogP contribution in [0, 0.1) is 0 Å². The van der Waals surface area contributed by atoms with Crippen LogP contribution < -0.4 is 5.32 Å². The highest BCUT2D eigenvalue weighted by Gasteiger charge is 2.10. The highest BCUT2D eigenvalue weighted by atomic mass is 16.5. The smallest absolute Gasteiger partial charge is 0.306 e. The van der Waals surface area contributed by atoms with Crippen molar-refractivity contribution in [2.45, 2.75) is 12.5 Å². The van der Waals surface area contributed by atoms with Crippen molar-refractivity contribution < 1.29 is 14.3 Å². The van der Waals surface area contributed by atoms with Gasteiger partial charge in [0.1, 0.15) is 0 Å². The predicted octanol–water partition coefficient (Wildman–Crippen LogP) is 1.53. The zero-order chi connectivity index (χ0) is 12.5. The van der Waals surface area contributed by atoms with E-state index >= 15 is 0 Å². The lowest BCUT2D eigenvalue weighted by Crippen LogP contribution is -2.27. The number of esters is 1. The molecular weight excluding hydrogens is 218 g/mol. The van der Waals surface area contributed by atoms with Crippen LogP contribution in [0.15, 0.2) is 30.3 Å². The molecule has 1 atom stereocenters. The molecule has 1 aromatic rings. The summed E-state index contributed by atoms with van der Waals surface area (Å²) in [6.45, 7) is 1.15. The summed E-state index contributed by atoms with van der Waals surface area (Å²) < 4.78 is 9.75. The molecule has 1 aromatic carbocycles. The number of methoxy groups -OCH3 is 2. The van der Waals surface area contributed by atoms with Crippen molar-refractivity contribution in [2.24, 2.45) is 0 Å². The van der Waals surface area contributed by atoms with Gasteiger partial charge in [-0.25, -0.2) is 0 Å². The fraction of sp³-hybridized carbons (Fsp3) is 0.462. The summed E-state index contributed by atoms with van der Waals surface area (Å²) in [5, 5.41) is 3.28. The Bertz CT molecular complexity index is 327. The second-order valence-electron chi connectivity index (χ2n) is 3.70. The van der Waals surface area contributed by atoms with E-state index in [0.717, 1.165) is 5.56 Å². The van der Waals surface area contributed by atoms with Gasteiger partial charge in [-0.15, -0.1) is 0 Å². The van der Waals surface area contributed by atoms with Gasteiger partial charge in [0.05, 0.1) is 26.2 Å². The highest BCUT2D eigenvalue weighted by molar-refractivity contribution is 5.69. The standard InChI is InChI=1S/C13H19NO3/c1-16-10-12(11-6-4-3-5-7-11)14-9-8-13(15)17-2/h3-7,12,14H,8-10H2,1-2H3. The van der Waals surface area contributed by atoms with Crippen molar-refractivity contribution in [3.8, 4) is 0 Å². The van der Waals surface area contributed by atoms with E-state index < -0.39 is 0 Å². The SMILES string of the molecule is COCC(NCCC(=O)OC)c1ccccc1. The van der Waals surface area contributed by atoms with E-state index in [9.17, 15) is 4.79 Å². The predicted molar refractivity (Wildman–Crippen MR) is 65.7 cm³/mol.